The summed E-state index contributed by atoms with van der Waals surface area (Å²) in [6.45, 7) is 14.4. The molecule has 0 aliphatic heterocycles. The topological polar surface area (TPSA) is 24.9 Å². The first-order valence-electron chi connectivity index (χ1n) is 6.52. The van der Waals surface area contributed by atoms with E-state index in [1.54, 1.807) is 11.3 Å². The number of rotatable bonds is 5. The van der Waals surface area contributed by atoms with Gasteiger partial charge in [0.05, 0.1) is 10.7 Å². The van der Waals surface area contributed by atoms with Crippen molar-refractivity contribution in [3.8, 4) is 0 Å². The molecule has 1 unspecified atom stereocenters. The van der Waals surface area contributed by atoms with Crippen molar-refractivity contribution in [2.75, 3.05) is 6.54 Å². The molecule has 0 fully saturated rings. The van der Waals surface area contributed by atoms with Gasteiger partial charge < -0.3 is 5.32 Å². The third-order valence-corrected chi connectivity index (χ3v) is 3.86. The zero-order chi connectivity index (χ0) is 13.1. The van der Waals surface area contributed by atoms with Gasteiger partial charge in [-0.3, -0.25) is 0 Å². The maximum atomic E-state index is 4.76. The summed E-state index contributed by atoms with van der Waals surface area (Å²) in [5.74, 6) is 0.650. The van der Waals surface area contributed by atoms with Gasteiger partial charge in [-0.25, -0.2) is 4.98 Å². The minimum absolute atomic E-state index is 0.167. The number of likely N-dealkylation sites (N-methyl/N-ethyl adjacent to an activating group) is 1. The summed E-state index contributed by atoms with van der Waals surface area (Å²) in [6.07, 6.45) is 1.05. The maximum Gasteiger partial charge on any atom is 0.0944 e. The molecule has 2 nitrogen and oxygen atoms in total. The van der Waals surface area contributed by atoms with Crippen molar-refractivity contribution in [2.24, 2.45) is 5.92 Å². The fourth-order valence-corrected chi connectivity index (χ4v) is 2.82. The highest BCUT2D eigenvalue weighted by atomic mass is 32.1. The molecular weight excluding hydrogens is 228 g/mol. The molecule has 1 heterocycles. The SMILES string of the molecule is CCNC(Cc1nc(C(C)(C)C)cs1)C(C)C. The largest absolute Gasteiger partial charge is 0.314 e. The van der Waals surface area contributed by atoms with Gasteiger partial charge in [0.15, 0.2) is 0 Å². The van der Waals surface area contributed by atoms with Gasteiger partial charge in [0.1, 0.15) is 0 Å². The van der Waals surface area contributed by atoms with Crippen LogP contribution in [-0.2, 0) is 11.8 Å². The number of nitrogens with zero attached hydrogens (tertiary/aromatic N) is 1. The normalized spacial score (nSPS) is 14.3. The summed E-state index contributed by atoms with van der Waals surface area (Å²) < 4.78 is 0. The molecule has 17 heavy (non-hydrogen) atoms. The fraction of sp³-hybridized carbons (Fsp3) is 0.786. The molecule has 1 rings (SSSR count). The Morgan fingerprint density at radius 3 is 2.41 bits per heavy atom. The zero-order valence-corrected chi connectivity index (χ0v) is 12.8. The Labute approximate surface area is 110 Å². The van der Waals surface area contributed by atoms with E-state index < -0.39 is 0 Å². The van der Waals surface area contributed by atoms with Crippen molar-refractivity contribution < 1.29 is 0 Å². The predicted molar refractivity (Wildman–Crippen MR) is 76.8 cm³/mol. The van der Waals surface area contributed by atoms with Crippen LogP contribution in [0.2, 0.25) is 0 Å². The summed E-state index contributed by atoms with van der Waals surface area (Å²) >= 11 is 1.80. The molecule has 1 N–H and O–H groups in total. The van der Waals surface area contributed by atoms with Crippen LogP contribution in [0.1, 0.15) is 52.2 Å². The van der Waals surface area contributed by atoms with Gasteiger partial charge in [-0.05, 0) is 12.5 Å². The first-order valence-corrected chi connectivity index (χ1v) is 7.40. The average Bonchev–Trinajstić information content (AvgIpc) is 2.64. The van der Waals surface area contributed by atoms with Gasteiger partial charge in [0.2, 0.25) is 0 Å². The smallest absolute Gasteiger partial charge is 0.0944 e. The standard InChI is InChI=1S/C14H26N2S/c1-7-15-11(10(2)3)8-13-16-12(9-17-13)14(4,5)6/h9-11,15H,7-8H2,1-6H3. The molecule has 0 spiro atoms. The van der Waals surface area contributed by atoms with Crippen LogP contribution in [0.3, 0.4) is 0 Å². The second-order valence-electron chi connectivity index (χ2n) is 5.99. The molecular formula is C14H26N2S. The quantitative estimate of drug-likeness (QED) is 0.868. The molecule has 0 saturated carbocycles. The van der Waals surface area contributed by atoms with Crippen LogP contribution in [0.15, 0.2) is 5.38 Å². The Hall–Kier alpha value is -0.410. The van der Waals surface area contributed by atoms with Gasteiger partial charge in [-0.1, -0.05) is 41.5 Å². The lowest BCUT2D eigenvalue weighted by Crippen LogP contribution is -2.35. The highest BCUT2D eigenvalue weighted by molar-refractivity contribution is 7.09. The minimum Gasteiger partial charge on any atom is -0.314 e. The molecule has 0 radical (unpaired) electrons. The summed E-state index contributed by atoms with van der Waals surface area (Å²) in [7, 11) is 0. The molecule has 1 aromatic heterocycles. The van der Waals surface area contributed by atoms with E-state index in [1.165, 1.54) is 10.7 Å². The number of aromatic nitrogens is 1. The van der Waals surface area contributed by atoms with Crippen LogP contribution in [0.5, 0.6) is 0 Å². The number of nitrogens with one attached hydrogen (secondary N) is 1. The average molecular weight is 254 g/mol. The van der Waals surface area contributed by atoms with E-state index in [0.29, 0.717) is 12.0 Å². The van der Waals surface area contributed by atoms with E-state index in [4.69, 9.17) is 4.98 Å². The van der Waals surface area contributed by atoms with Crippen molar-refractivity contribution in [3.05, 3.63) is 16.1 Å². The van der Waals surface area contributed by atoms with Crippen molar-refractivity contribution in [1.82, 2.24) is 10.3 Å². The molecule has 0 aliphatic rings. The highest BCUT2D eigenvalue weighted by Gasteiger charge is 2.19. The summed E-state index contributed by atoms with van der Waals surface area (Å²) in [5, 5.41) is 7.01. The number of hydrogen-bond acceptors (Lipinski definition) is 3. The molecule has 0 saturated heterocycles. The third kappa shape index (κ3) is 4.40. The van der Waals surface area contributed by atoms with Crippen LogP contribution in [-0.4, -0.2) is 17.6 Å². The van der Waals surface area contributed by atoms with Gasteiger partial charge in [0, 0.05) is 23.3 Å². The Balaban J connectivity index is 2.70. The van der Waals surface area contributed by atoms with E-state index in [2.05, 4.69) is 52.2 Å². The summed E-state index contributed by atoms with van der Waals surface area (Å²) in [6, 6.07) is 0.541. The lowest BCUT2D eigenvalue weighted by atomic mass is 9.93. The van der Waals surface area contributed by atoms with Crippen LogP contribution < -0.4 is 5.32 Å². The molecule has 1 atom stereocenters. The van der Waals surface area contributed by atoms with E-state index >= 15 is 0 Å². The second kappa shape index (κ2) is 5.96. The van der Waals surface area contributed by atoms with Crippen molar-refractivity contribution in [2.45, 2.75) is 59.4 Å². The lowest BCUT2D eigenvalue weighted by molar-refractivity contribution is 0.404. The van der Waals surface area contributed by atoms with Crippen molar-refractivity contribution in [3.63, 3.8) is 0 Å². The van der Waals surface area contributed by atoms with E-state index in [9.17, 15) is 0 Å². The first-order chi connectivity index (χ1) is 7.84. The maximum absolute atomic E-state index is 4.76. The van der Waals surface area contributed by atoms with E-state index in [1.807, 2.05) is 0 Å². The Morgan fingerprint density at radius 1 is 1.35 bits per heavy atom. The monoisotopic (exact) mass is 254 g/mol. The Kier molecular flexibility index (Phi) is 5.14. The van der Waals surface area contributed by atoms with Crippen LogP contribution >= 0.6 is 11.3 Å². The van der Waals surface area contributed by atoms with Gasteiger partial charge >= 0.3 is 0 Å². The Morgan fingerprint density at radius 2 is 2.00 bits per heavy atom. The molecule has 0 amide bonds. The molecule has 3 heteroatoms. The van der Waals surface area contributed by atoms with E-state index in [0.717, 1.165) is 13.0 Å². The number of thiazole rings is 1. The molecule has 98 valence electrons. The zero-order valence-electron chi connectivity index (χ0n) is 12.0. The van der Waals surface area contributed by atoms with Gasteiger partial charge in [-0.15, -0.1) is 11.3 Å². The van der Waals surface area contributed by atoms with Crippen LogP contribution in [0, 0.1) is 5.92 Å². The number of hydrogen-bond donors (Lipinski definition) is 1. The Bertz CT molecular complexity index is 336. The van der Waals surface area contributed by atoms with Crippen LogP contribution in [0.4, 0.5) is 0 Å². The highest BCUT2D eigenvalue weighted by Crippen LogP contribution is 2.25. The summed E-state index contributed by atoms with van der Waals surface area (Å²) in [5.41, 5.74) is 1.39. The minimum atomic E-state index is 0.167. The predicted octanol–water partition coefficient (Wildman–Crippen LogP) is 3.62. The van der Waals surface area contributed by atoms with Gasteiger partial charge in [0.25, 0.3) is 0 Å². The van der Waals surface area contributed by atoms with Gasteiger partial charge in [-0.2, -0.15) is 0 Å². The third-order valence-electron chi connectivity index (χ3n) is 2.99. The molecule has 0 aliphatic carbocycles. The lowest BCUT2D eigenvalue weighted by Gasteiger charge is -2.20. The molecule has 1 aromatic rings. The van der Waals surface area contributed by atoms with Crippen molar-refractivity contribution in [1.29, 1.82) is 0 Å². The summed E-state index contributed by atoms with van der Waals surface area (Å²) in [4.78, 5) is 4.76. The molecule has 0 bridgehead atoms. The molecule has 0 aromatic carbocycles. The van der Waals surface area contributed by atoms with Crippen LogP contribution in [0.25, 0.3) is 0 Å². The fourth-order valence-electron chi connectivity index (χ4n) is 1.74. The van der Waals surface area contributed by atoms with Crippen molar-refractivity contribution >= 4 is 11.3 Å². The second-order valence-corrected chi connectivity index (χ2v) is 6.93. The first kappa shape index (κ1) is 14.7. The van der Waals surface area contributed by atoms with E-state index in [-0.39, 0.29) is 5.41 Å².